The lowest BCUT2D eigenvalue weighted by Crippen LogP contribution is -2.40. The standard InChI is InChI=1S/C11H15F3O/c1-2-3-6-10(15)7-4-5-9(8-10)11(12,13)14/h1,9,15H,3-8H2. The average molecular weight is 220 g/mol. The van der Waals surface area contributed by atoms with Crippen LogP contribution in [0.5, 0.6) is 0 Å². The molecule has 0 heterocycles. The second-order valence-corrected chi connectivity index (χ2v) is 4.26. The van der Waals surface area contributed by atoms with Crippen LogP contribution in [0, 0.1) is 18.3 Å². The quantitative estimate of drug-likeness (QED) is 0.709. The first-order chi connectivity index (χ1) is 6.87. The summed E-state index contributed by atoms with van der Waals surface area (Å²) in [6.07, 6.45) is 2.24. The molecule has 1 saturated carbocycles. The van der Waals surface area contributed by atoms with Gasteiger partial charge in [0.05, 0.1) is 11.5 Å². The van der Waals surface area contributed by atoms with Crippen molar-refractivity contribution < 1.29 is 18.3 Å². The third kappa shape index (κ3) is 3.42. The van der Waals surface area contributed by atoms with E-state index in [1.165, 1.54) is 0 Å². The van der Waals surface area contributed by atoms with Crippen molar-refractivity contribution in [2.75, 3.05) is 0 Å². The molecule has 0 amide bonds. The highest BCUT2D eigenvalue weighted by Crippen LogP contribution is 2.43. The van der Waals surface area contributed by atoms with E-state index in [9.17, 15) is 18.3 Å². The van der Waals surface area contributed by atoms with Crippen molar-refractivity contribution in [3.8, 4) is 12.3 Å². The number of terminal acetylenes is 1. The summed E-state index contributed by atoms with van der Waals surface area (Å²) in [5, 5.41) is 9.94. The lowest BCUT2D eigenvalue weighted by Gasteiger charge is -2.37. The van der Waals surface area contributed by atoms with Crippen molar-refractivity contribution in [3.63, 3.8) is 0 Å². The summed E-state index contributed by atoms with van der Waals surface area (Å²) < 4.78 is 37.4. The molecule has 0 aromatic rings. The number of halogens is 3. The first-order valence-corrected chi connectivity index (χ1v) is 5.10. The number of alkyl halides is 3. The van der Waals surface area contributed by atoms with Gasteiger partial charge in [-0.3, -0.25) is 0 Å². The maximum Gasteiger partial charge on any atom is 0.391 e. The van der Waals surface area contributed by atoms with E-state index in [0.717, 1.165) is 0 Å². The van der Waals surface area contributed by atoms with E-state index >= 15 is 0 Å². The van der Waals surface area contributed by atoms with E-state index in [4.69, 9.17) is 6.42 Å². The Labute approximate surface area is 87.7 Å². The molecule has 15 heavy (non-hydrogen) atoms. The Balaban J connectivity index is 2.59. The highest BCUT2D eigenvalue weighted by Gasteiger charge is 2.46. The Morgan fingerprint density at radius 2 is 2.13 bits per heavy atom. The molecule has 0 aromatic carbocycles. The third-order valence-electron chi connectivity index (χ3n) is 3.02. The molecule has 2 unspecified atom stereocenters. The molecular formula is C11H15F3O. The van der Waals surface area contributed by atoms with Gasteiger partial charge in [-0.25, -0.2) is 0 Å². The van der Waals surface area contributed by atoms with Gasteiger partial charge in [0.15, 0.2) is 0 Å². The molecule has 1 N–H and O–H groups in total. The maximum atomic E-state index is 12.5. The van der Waals surface area contributed by atoms with E-state index in [2.05, 4.69) is 5.92 Å². The molecule has 0 radical (unpaired) electrons. The highest BCUT2D eigenvalue weighted by molar-refractivity contribution is 4.93. The molecule has 0 bridgehead atoms. The second kappa shape index (κ2) is 4.44. The zero-order chi connectivity index (χ0) is 11.5. The Hall–Kier alpha value is -0.690. The van der Waals surface area contributed by atoms with Crippen molar-refractivity contribution >= 4 is 0 Å². The van der Waals surface area contributed by atoms with Crippen molar-refractivity contribution in [2.24, 2.45) is 5.92 Å². The molecule has 86 valence electrons. The minimum absolute atomic E-state index is 0.127. The molecule has 1 rings (SSSR count). The van der Waals surface area contributed by atoms with Crippen LogP contribution >= 0.6 is 0 Å². The van der Waals surface area contributed by atoms with Crippen LogP contribution in [0.3, 0.4) is 0 Å². The molecule has 1 nitrogen and oxygen atoms in total. The number of hydrogen-bond donors (Lipinski definition) is 1. The molecule has 0 aromatic heterocycles. The monoisotopic (exact) mass is 220 g/mol. The average Bonchev–Trinajstić information content (AvgIpc) is 2.14. The summed E-state index contributed by atoms with van der Waals surface area (Å²) in [6.45, 7) is 0. The molecular weight excluding hydrogens is 205 g/mol. The number of aliphatic hydroxyl groups is 1. The highest BCUT2D eigenvalue weighted by atomic mass is 19.4. The minimum Gasteiger partial charge on any atom is -0.390 e. The summed E-state index contributed by atoms with van der Waals surface area (Å²) in [7, 11) is 0. The smallest absolute Gasteiger partial charge is 0.390 e. The fourth-order valence-corrected chi connectivity index (χ4v) is 2.15. The van der Waals surface area contributed by atoms with Crippen LogP contribution in [0.15, 0.2) is 0 Å². The van der Waals surface area contributed by atoms with Gasteiger partial charge in [0.25, 0.3) is 0 Å². The van der Waals surface area contributed by atoms with Gasteiger partial charge in [-0.05, 0) is 32.1 Å². The Morgan fingerprint density at radius 3 is 2.67 bits per heavy atom. The summed E-state index contributed by atoms with van der Waals surface area (Å²) in [4.78, 5) is 0. The van der Waals surface area contributed by atoms with Crippen LogP contribution in [0.1, 0.15) is 38.5 Å². The van der Waals surface area contributed by atoms with Gasteiger partial charge in [0.2, 0.25) is 0 Å². The van der Waals surface area contributed by atoms with E-state index in [-0.39, 0.29) is 19.3 Å². The van der Waals surface area contributed by atoms with Crippen LogP contribution in [-0.4, -0.2) is 16.9 Å². The van der Waals surface area contributed by atoms with Gasteiger partial charge in [-0.2, -0.15) is 13.2 Å². The summed E-state index contributed by atoms with van der Waals surface area (Å²) in [6, 6.07) is 0. The minimum atomic E-state index is -4.19. The predicted molar refractivity (Wildman–Crippen MR) is 51.0 cm³/mol. The maximum absolute atomic E-state index is 12.5. The molecule has 2 atom stereocenters. The first-order valence-electron chi connectivity index (χ1n) is 5.10. The van der Waals surface area contributed by atoms with E-state index in [0.29, 0.717) is 19.3 Å². The SMILES string of the molecule is C#CCCC1(O)CCCC(C(F)(F)F)C1. The zero-order valence-electron chi connectivity index (χ0n) is 8.48. The van der Waals surface area contributed by atoms with Gasteiger partial charge < -0.3 is 5.11 Å². The molecule has 1 fully saturated rings. The topological polar surface area (TPSA) is 20.2 Å². The van der Waals surface area contributed by atoms with Crippen molar-refractivity contribution in [1.29, 1.82) is 0 Å². The summed E-state index contributed by atoms with van der Waals surface area (Å²) >= 11 is 0. The van der Waals surface area contributed by atoms with E-state index in [1.807, 2.05) is 0 Å². The fraction of sp³-hybridized carbons (Fsp3) is 0.818. The van der Waals surface area contributed by atoms with Gasteiger partial charge in [0.1, 0.15) is 0 Å². The van der Waals surface area contributed by atoms with Gasteiger partial charge >= 0.3 is 6.18 Å². The first kappa shape index (κ1) is 12.4. The van der Waals surface area contributed by atoms with Gasteiger partial charge in [-0.15, -0.1) is 12.3 Å². The van der Waals surface area contributed by atoms with Gasteiger partial charge in [0, 0.05) is 6.42 Å². The van der Waals surface area contributed by atoms with Crippen LogP contribution < -0.4 is 0 Å². The van der Waals surface area contributed by atoms with Gasteiger partial charge in [-0.1, -0.05) is 0 Å². The van der Waals surface area contributed by atoms with Crippen LogP contribution in [0.4, 0.5) is 13.2 Å². The third-order valence-corrected chi connectivity index (χ3v) is 3.02. The van der Waals surface area contributed by atoms with Crippen molar-refractivity contribution in [2.45, 2.75) is 50.3 Å². The Bertz CT molecular complexity index is 254. The van der Waals surface area contributed by atoms with Crippen LogP contribution in [0.2, 0.25) is 0 Å². The molecule has 1 aliphatic carbocycles. The lowest BCUT2D eigenvalue weighted by atomic mass is 9.75. The molecule has 1 aliphatic rings. The van der Waals surface area contributed by atoms with Crippen LogP contribution in [0.25, 0.3) is 0 Å². The fourth-order valence-electron chi connectivity index (χ4n) is 2.15. The molecule has 0 saturated heterocycles. The Morgan fingerprint density at radius 1 is 1.47 bits per heavy atom. The predicted octanol–water partition coefficient (Wildman–Crippen LogP) is 2.88. The number of hydrogen-bond acceptors (Lipinski definition) is 1. The van der Waals surface area contributed by atoms with Crippen molar-refractivity contribution in [1.82, 2.24) is 0 Å². The molecule has 4 heteroatoms. The summed E-state index contributed by atoms with van der Waals surface area (Å²) in [5.41, 5.74) is -1.20. The van der Waals surface area contributed by atoms with Crippen molar-refractivity contribution in [3.05, 3.63) is 0 Å². The van der Waals surface area contributed by atoms with E-state index < -0.39 is 17.7 Å². The Kier molecular flexibility index (Phi) is 3.67. The van der Waals surface area contributed by atoms with E-state index in [1.54, 1.807) is 0 Å². The number of rotatable bonds is 2. The molecule has 0 spiro atoms. The normalized spacial score (nSPS) is 32.3. The largest absolute Gasteiger partial charge is 0.391 e. The molecule has 0 aliphatic heterocycles. The van der Waals surface area contributed by atoms with Crippen LogP contribution in [-0.2, 0) is 0 Å². The summed E-state index contributed by atoms with van der Waals surface area (Å²) in [5.74, 6) is 0.986. The lowest BCUT2D eigenvalue weighted by molar-refractivity contribution is -0.201. The zero-order valence-corrected chi connectivity index (χ0v) is 8.48. The second-order valence-electron chi connectivity index (χ2n) is 4.26.